The number of carbonyl (C=O) groups excluding carboxylic acids is 1. The quantitative estimate of drug-likeness (QED) is 0.620. The van der Waals surface area contributed by atoms with Crippen molar-refractivity contribution in [1.29, 1.82) is 0 Å². The zero-order valence-electron chi connectivity index (χ0n) is 6.97. The Hall–Kier alpha value is -0.570. The van der Waals surface area contributed by atoms with Crippen LogP contribution in [0.3, 0.4) is 0 Å². The highest BCUT2D eigenvalue weighted by Crippen LogP contribution is 2.32. The van der Waals surface area contributed by atoms with Crippen LogP contribution in [-0.2, 0) is 4.79 Å². The Morgan fingerprint density at radius 1 is 1.64 bits per heavy atom. The number of primary amides is 1. The number of hydrogen-bond acceptors (Lipinski definition) is 2. The number of rotatable bonds is 3. The number of hydrogen-bond donors (Lipinski definition) is 2. The Morgan fingerprint density at radius 2 is 2.18 bits per heavy atom. The highest BCUT2D eigenvalue weighted by Gasteiger charge is 2.31. The van der Waals surface area contributed by atoms with E-state index in [9.17, 15) is 4.79 Å². The summed E-state index contributed by atoms with van der Waals surface area (Å²) in [6.45, 7) is 1.72. The summed E-state index contributed by atoms with van der Waals surface area (Å²) in [5, 5.41) is 0. The van der Waals surface area contributed by atoms with Crippen molar-refractivity contribution in [3.63, 3.8) is 0 Å². The van der Waals surface area contributed by atoms with Gasteiger partial charge in [-0.2, -0.15) is 0 Å². The summed E-state index contributed by atoms with van der Waals surface area (Å²) in [4.78, 5) is 10.8. The van der Waals surface area contributed by atoms with Crippen molar-refractivity contribution >= 4 is 5.91 Å². The summed E-state index contributed by atoms with van der Waals surface area (Å²) < 4.78 is 0. The maximum Gasteiger partial charge on any atom is 0.237 e. The first-order valence-corrected chi connectivity index (χ1v) is 4.11. The second kappa shape index (κ2) is 2.81. The average Bonchev–Trinajstić information content (AvgIpc) is 1.79. The van der Waals surface area contributed by atoms with Crippen LogP contribution in [0.25, 0.3) is 0 Å². The molecule has 64 valence electrons. The molecule has 3 heteroatoms. The Labute approximate surface area is 67.1 Å². The normalized spacial score (nSPS) is 23.8. The lowest BCUT2D eigenvalue weighted by atomic mass is 9.77. The van der Waals surface area contributed by atoms with Crippen LogP contribution in [-0.4, -0.2) is 11.4 Å². The number of nitrogens with two attached hydrogens (primary N) is 2. The summed E-state index contributed by atoms with van der Waals surface area (Å²) in [7, 11) is 0. The smallest absolute Gasteiger partial charge is 0.237 e. The van der Waals surface area contributed by atoms with Gasteiger partial charge in [-0.15, -0.1) is 0 Å². The fourth-order valence-electron chi connectivity index (χ4n) is 1.40. The molecule has 0 radical (unpaired) electrons. The van der Waals surface area contributed by atoms with Crippen LogP contribution in [0.5, 0.6) is 0 Å². The largest absolute Gasteiger partial charge is 0.368 e. The van der Waals surface area contributed by atoms with Crippen molar-refractivity contribution in [3.8, 4) is 0 Å². The molecule has 0 aromatic rings. The van der Waals surface area contributed by atoms with Crippen LogP contribution >= 0.6 is 0 Å². The molecule has 0 spiro atoms. The average molecular weight is 156 g/mol. The van der Waals surface area contributed by atoms with Crippen LogP contribution in [0, 0.1) is 5.92 Å². The van der Waals surface area contributed by atoms with Crippen molar-refractivity contribution in [3.05, 3.63) is 0 Å². The summed E-state index contributed by atoms with van der Waals surface area (Å²) in [6, 6.07) is 0. The lowest BCUT2D eigenvalue weighted by Gasteiger charge is -2.32. The molecule has 1 unspecified atom stereocenters. The van der Waals surface area contributed by atoms with E-state index in [0.29, 0.717) is 5.92 Å². The van der Waals surface area contributed by atoms with Gasteiger partial charge >= 0.3 is 0 Å². The van der Waals surface area contributed by atoms with Gasteiger partial charge in [-0.1, -0.05) is 19.3 Å². The van der Waals surface area contributed by atoms with Crippen LogP contribution < -0.4 is 11.5 Å². The van der Waals surface area contributed by atoms with Crippen LogP contribution in [0.1, 0.15) is 32.6 Å². The molecule has 0 saturated heterocycles. The van der Waals surface area contributed by atoms with E-state index in [1.54, 1.807) is 6.92 Å². The second-order valence-electron chi connectivity index (χ2n) is 3.78. The first kappa shape index (κ1) is 8.53. The van der Waals surface area contributed by atoms with Crippen LogP contribution in [0.2, 0.25) is 0 Å². The highest BCUT2D eigenvalue weighted by molar-refractivity contribution is 5.83. The third kappa shape index (κ3) is 1.93. The van der Waals surface area contributed by atoms with Gasteiger partial charge in [0.25, 0.3) is 0 Å². The van der Waals surface area contributed by atoms with E-state index in [4.69, 9.17) is 11.5 Å². The van der Waals surface area contributed by atoms with Gasteiger partial charge in [0.2, 0.25) is 5.91 Å². The SMILES string of the molecule is CC(N)(CC1CCC1)C(N)=O. The summed E-state index contributed by atoms with van der Waals surface area (Å²) in [5.41, 5.74) is 10.0. The van der Waals surface area contributed by atoms with Crippen molar-refractivity contribution in [2.45, 2.75) is 38.1 Å². The van der Waals surface area contributed by atoms with E-state index >= 15 is 0 Å². The maximum absolute atomic E-state index is 10.8. The number of carbonyl (C=O) groups is 1. The van der Waals surface area contributed by atoms with Crippen LogP contribution in [0.15, 0.2) is 0 Å². The fourth-order valence-corrected chi connectivity index (χ4v) is 1.40. The van der Waals surface area contributed by atoms with Gasteiger partial charge in [-0.05, 0) is 19.3 Å². The molecule has 0 aromatic heterocycles. The molecular formula is C8H16N2O. The van der Waals surface area contributed by atoms with E-state index < -0.39 is 5.54 Å². The molecule has 4 N–H and O–H groups in total. The predicted octanol–water partition coefficient (Wildman–Crippen LogP) is 0.379. The van der Waals surface area contributed by atoms with Gasteiger partial charge in [-0.3, -0.25) is 4.79 Å². The topological polar surface area (TPSA) is 69.1 Å². The molecule has 1 atom stereocenters. The van der Waals surface area contributed by atoms with E-state index in [0.717, 1.165) is 6.42 Å². The van der Waals surface area contributed by atoms with Crippen molar-refractivity contribution in [2.75, 3.05) is 0 Å². The van der Waals surface area contributed by atoms with Gasteiger partial charge in [-0.25, -0.2) is 0 Å². The summed E-state index contributed by atoms with van der Waals surface area (Å²) in [6.07, 6.45) is 4.45. The fraction of sp³-hybridized carbons (Fsp3) is 0.875. The minimum atomic E-state index is -0.787. The van der Waals surface area contributed by atoms with Crippen molar-refractivity contribution in [1.82, 2.24) is 0 Å². The van der Waals surface area contributed by atoms with Gasteiger partial charge in [0, 0.05) is 0 Å². The Morgan fingerprint density at radius 3 is 2.45 bits per heavy atom. The molecule has 1 fully saturated rings. The maximum atomic E-state index is 10.8. The van der Waals surface area contributed by atoms with E-state index in [-0.39, 0.29) is 5.91 Å². The molecule has 0 bridgehead atoms. The monoisotopic (exact) mass is 156 g/mol. The second-order valence-corrected chi connectivity index (χ2v) is 3.78. The molecule has 1 saturated carbocycles. The number of amides is 1. The van der Waals surface area contributed by atoms with E-state index in [1.165, 1.54) is 19.3 Å². The van der Waals surface area contributed by atoms with E-state index in [2.05, 4.69) is 0 Å². The molecule has 1 aliphatic carbocycles. The van der Waals surface area contributed by atoms with E-state index in [1.807, 2.05) is 0 Å². The molecule has 1 rings (SSSR count). The molecule has 0 aliphatic heterocycles. The van der Waals surface area contributed by atoms with Gasteiger partial charge < -0.3 is 11.5 Å². The minimum absolute atomic E-state index is 0.385. The summed E-state index contributed by atoms with van der Waals surface area (Å²) in [5.74, 6) is 0.252. The van der Waals surface area contributed by atoms with Crippen LogP contribution in [0.4, 0.5) is 0 Å². The molecule has 11 heavy (non-hydrogen) atoms. The first-order chi connectivity index (χ1) is 5.02. The molecule has 0 heterocycles. The van der Waals surface area contributed by atoms with Crippen molar-refractivity contribution in [2.24, 2.45) is 17.4 Å². The zero-order chi connectivity index (χ0) is 8.48. The highest BCUT2D eigenvalue weighted by atomic mass is 16.1. The first-order valence-electron chi connectivity index (χ1n) is 4.11. The summed E-state index contributed by atoms with van der Waals surface area (Å²) >= 11 is 0. The molecule has 1 aliphatic rings. The molecule has 0 aromatic carbocycles. The Bertz CT molecular complexity index is 161. The molecule has 1 amide bonds. The van der Waals surface area contributed by atoms with Gasteiger partial charge in [0.05, 0.1) is 5.54 Å². The lowest BCUT2D eigenvalue weighted by molar-refractivity contribution is -0.123. The van der Waals surface area contributed by atoms with Gasteiger partial charge in [0.1, 0.15) is 0 Å². The lowest BCUT2D eigenvalue weighted by Crippen LogP contribution is -2.51. The molecular weight excluding hydrogens is 140 g/mol. The Kier molecular flexibility index (Phi) is 2.18. The third-order valence-corrected chi connectivity index (χ3v) is 2.50. The Balaban J connectivity index is 2.38. The van der Waals surface area contributed by atoms with Gasteiger partial charge in [0.15, 0.2) is 0 Å². The van der Waals surface area contributed by atoms with Crippen molar-refractivity contribution < 1.29 is 4.79 Å². The predicted molar refractivity (Wildman–Crippen MR) is 43.7 cm³/mol. The molecule has 3 nitrogen and oxygen atoms in total. The zero-order valence-corrected chi connectivity index (χ0v) is 6.97. The minimum Gasteiger partial charge on any atom is -0.368 e. The third-order valence-electron chi connectivity index (χ3n) is 2.50. The standard InChI is InChI=1S/C8H16N2O/c1-8(10,7(9)11)5-6-3-2-4-6/h6H,2-5,10H2,1H3,(H2,9,11).